The van der Waals surface area contributed by atoms with Crippen LogP contribution in [0.2, 0.25) is 0 Å². The first-order chi connectivity index (χ1) is 37.0. The summed E-state index contributed by atoms with van der Waals surface area (Å²) < 4.78 is 16.9. The van der Waals surface area contributed by atoms with Gasteiger partial charge in [0, 0.05) is 19.3 Å². The molecule has 0 aliphatic heterocycles. The predicted octanol–water partition coefficient (Wildman–Crippen LogP) is 22.8. The quantitative estimate of drug-likeness (QED) is 0.0261. The van der Waals surface area contributed by atoms with E-state index in [1.165, 1.54) is 257 Å². The van der Waals surface area contributed by atoms with Gasteiger partial charge in [0.25, 0.3) is 0 Å². The van der Waals surface area contributed by atoms with Crippen LogP contribution in [0.4, 0.5) is 0 Å². The monoisotopic (exact) mass is 1050 g/mol. The number of unbranched alkanes of at least 4 members (excludes halogenated alkanes) is 45. The fraction of sp³-hybridized carbons (Fsp3) is 0.870. The zero-order valence-electron chi connectivity index (χ0n) is 50.6. The van der Waals surface area contributed by atoms with Crippen LogP contribution >= 0.6 is 0 Å². The van der Waals surface area contributed by atoms with E-state index in [1.807, 2.05) is 0 Å². The Morgan fingerprint density at radius 3 is 0.667 bits per heavy atom. The molecular formula is C69H128O6. The summed E-state index contributed by atoms with van der Waals surface area (Å²) >= 11 is 0. The van der Waals surface area contributed by atoms with E-state index in [-0.39, 0.29) is 31.1 Å². The average molecular weight is 1050 g/mol. The molecule has 0 aromatic rings. The van der Waals surface area contributed by atoms with Gasteiger partial charge in [-0.05, 0) is 96.3 Å². The lowest BCUT2D eigenvalue weighted by atomic mass is 10.0. The topological polar surface area (TPSA) is 78.9 Å². The third-order valence-corrected chi connectivity index (χ3v) is 15.1. The minimum atomic E-state index is -0.778. The van der Waals surface area contributed by atoms with Crippen molar-refractivity contribution in [2.75, 3.05) is 13.2 Å². The van der Waals surface area contributed by atoms with Crippen LogP contribution in [-0.2, 0) is 28.6 Å². The highest BCUT2D eigenvalue weighted by molar-refractivity contribution is 5.71. The Bertz CT molecular complexity index is 1250. The number of hydrogen-bond acceptors (Lipinski definition) is 6. The summed E-state index contributed by atoms with van der Waals surface area (Å²) in [6, 6.07) is 0. The van der Waals surface area contributed by atoms with Crippen LogP contribution in [0, 0.1) is 0 Å². The second kappa shape index (κ2) is 64.2. The zero-order chi connectivity index (χ0) is 54.3. The number of hydrogen-bond donors (Lipinski definition) is 0. The number of carbonyl (C=O) groups is 3. The summed E-state index contributed by atoms with van der Waals surface area (Å²) in [6.07, 6.45) is 78.9. The molecule has 1 atom stereocenters. The molecule has 6 heteroatoms. The predicted molar refractivity (Wildman–Crippen MR) is 326 cm³/mol. The van der Waals surface area contributed by atoms with Crippen LogP contribution in [-0.4, -0.2) is 37.2 Å². The SMILES string of the molecule is CCCCCCC/C=C\CCCCCCCC(=O)OCC(COC(=O)CCCCCCCCCCCCCCCCCCC/C=C\CCCCCCCCCC)OC(=O)CCCCCCC/C=C\CCCCCCC. The van der Waals surface area contributed by atoms with Gasteiger partial charge in [0.05, 0.1) is 0 Å². The van der Waals surface area contributed by atoms with Crippen molar-refractivity contribution in [1.29, 1.82) is 0 Å². The zero-order valence-corrected chi connectivity index (χ0v) is 50.6. The molecule has 0 aliphatic rings. The van der Waals surface area contributed by atoms with E-state index in [2.05, 4.69) is 57.2 Å². The fourth-order valence-corrected chi connectivity index (χ4v) is 10.0. The Balaban J connectivity index is 4.16. The van der Waals surface area contributed by atoms with E-state index in [9.17, 15) is 14.4 Å². The molecule has 0 fully saturated rings. The molecule has 0 N–H and O–H groups in total. The summed E-state index contributed by atoms with van der Waals surface area (Å²) in [6.45, 7) is 6.66. The first kappa shape index (κ1) is 72.6. The van der Waals surface area contributed by atoms with E-state index in [0.29, 0.717) is 19.3 Å². The summed E-state index contributed by atoms with van der Waals surface area (Å²) in [7, 11) is 0. The highest BCUT2D eigenvalue weighted by atomic mass is 16.6. The Labute approximate surface area is 467 Å². The van der Waals surface area contributed by atoms with Crippen molar-refractivity contribution in [2.45, 2.75) is 374 Å². The van der Waals surface area contributed by atoms with E-state index >= 15 is 0 Å². The average Bonchev–Trinajstić information content (AvgIpc) is 3.41. The molecule has 0 saturated heterocycles. The lowest BCUT2D eigenvalue weighted by Crippen LogP contribution is -2.30. The van der Waals surface area contributed by atoms with E-state index in [1.54, 1.807) is 0 Å². The van der Waals surface area contributed by atoms with Crippen LogP contribution in [0.25, 0.3) is 0 Å². The molecule has 440 valence electrons. The van der Waals surface area contributed by atoms with Crippen LogP contribution in [0.15, 0.2) is 36.5 Å². The summed E-state index contributed by atoms with van der Waals surface area (Å²) in [5, 5.41) is 0. The second-order valence-corrected chi connectivity index (χ2v) is 22.7. The number of rotatable bonds is 62. The lowest BCUT2D eigenvalue weighted by Gasteiger charge is -2.18. The second-order valence-electron chi connectivity index (χ2n) is 22.7. The Hall–Kier alpha value is -2.37. The van der Waals surface area contributed by atoms with Gasteiger partial charge < -0.3 is 14.2 Å². The standard InChI is InChI=1S/C69H128O6/c1-4-7-10-13-16-19-22-25-28-29-30-31-32-33-34-35-36-37-38-39-40-41-42-45-47-50-53-56-59-62-68(71)74-65-66(75-69(72)63-60-57-54-51-48-44-27-24-21-18-15-12-9-6-3)64-73-67(70)61-58-55-52-49-46-43-26-23-20-17-14-11-8-5-2/h23-24,26-27,29-30,66H,4-22,25,28,31-65H2,1-3H3/b26-23-,27-24-,30-29-. The molecule has 0 heterocycles. The minimum Gasteiger partial charge on any atom is -0.462 e. The van der Waals surface area contributed by atoms with Crippen LogP contribution in [0.3, 0.4) is 0 Å². The van der Waals surface area contributed by atoms with E-state index in [4.69, 9.17) is 14.2 Å². The van der Waals surface area contributed by atoms with Crippen molar-refractivity contribution in [3.63, 3.8) is 0 Å². The molecule has 0 aliphatic carbocycles. The molecule has 1 unspecified atom stereocenters. The van der Waals surface area contributed by atoms with Crippen LogP contribution in [0.1, 0.15) is 367 Å². The van der Waals surface area contributed by atoms with Crippen molar-refractivity contribution in [2.24, 2.45) is 0 Å². The molecule has 0 aromatic carbocycles. The fourth-order valence-electron chi connectivity index (χ4n) is 10.0. The maximum Gasteiger partial charge on any atom is 0.306 e. The Morgan fingerprint density at radius 2 is 0.440 bits per heavy atom. The number of carbonyl (C=O) groups excluding carboxylic acids is 3. The first-order valence-corrected chi connectivity index (χ1v) is 33.5. The normalized spacial score (nSPS) is 12.2. The van der Waals surface area contributed by atoms with Crippen molar-refractivity contribution >= 4 is 17.9 Å². The van der Waals surface area contributed by atoms with Gasteiger partial charge in [0.15, 0.2) is 6.10 Å². The van der Waals surface area contributed by atoms with Crippen molar-refractivity contribution in [3.05, 3.63) is 36.5 Å². The summed E-state index contributed by atoms with van der Waals surface area (Å²) in [4.78, 5) is 38.3. The molecule has 6 nitrogen and oxygen atoms in total. The molecule has 0 radical (unpaired) electrons. The van der Waals surface area contributed by atoms with Gasteiger partial charge in [0.2, 0.25) is 0 Å². The number of allylic oxidation sites excluding steroid dienone is 6. The molecular weight excluding hydrogens is 925 g/mol. The van der Waals surface area contributed by atoms with Crippen molar-refractivity contribution in [1.82, 2.24) is 0 Å². The van der Waals surface area contributed by atoms with E-state index in [0.717, 1.165) is 70.6 Å². The molecule has 0 aromatic heterocycles. The number of esters is 3. The minimum absolute atomic E-state index is 0.0743. The third kappa shape index (κ3) is 62.4. The smallest absolute Gasteiger partial charge is 0.306 e. The largest absolute Gasteiger partial charge is 0.462 e. The Kier molecular flexibility index (Phi) is 62.1. The molecule has 0 bridgehead atoms. The van der Waals surface area contributed by atoms with Gasteiger partial charge in [-0.2, -0.15) is 0 Å². The van der Waals surface area contributed by atoms with Gasteiger partial charge in [-0.15, -0.1) is 0 Å². The third-order valence-electron chi connectivity index (χ3n) is 15.1. The van der Waals surface area contributed by atoms with E-state index < -0.39 is 6.10 Å². The number of ether oxygens (including phenoxy) is 3. The molecule has 75 heavy (non-hydrogen) atoms. The maximum atomic E-state index is 12.9. The lowest BCUT2D eigenvalue weighted by molar-refractivity contribution is -0.167. The molecule has 0 spiro atoms. The van der Waals surface area contributed by atoms with Crippen LogP contribution < -0.4 is 0 Å². The maximum absolute atomic E-state index is 12.9. The first-order valence-electron chi connectivity index (χ1n) is 33.5. The van der Waals surface area contributed by atoms with Gasteiger partial charge in [-0.3, -0.25) is 14.4 Å². The molecule has 0 saturated carbocycles. The van der Waals surface area contributed by atoms with Gasteiger partial charge >= 0.3 is 17.9 Å². The summed E-state index contributed by atoms with van der Waals surface area (Å²) in [5.74, 6) is -0.870. The Morgan fingerprint density at radius 1 is 0.253 bits per heavy atom. The molecule has 0 rings (SSSR count). The van der Waals surface area contributed by atoms with Gasteiger partial charge in [0.1, 0.15) is 13.2 Å². The highest BCUT2D eigenvalue weighted by Gasteiger charge is 2.19. The molecule has 0 amide bonds. The van der Waals surface area contributed by atoms with Crippen LogP contribution in [0.5, 0.6) is 0 Å². The summed E-state index contributed by atoms with van der Waals surface area (Å²) in [5.41, 5.74) is 0. The van der Waals surface area contributed by atoms with Crippen molar-refractivity contribution in [3.8, 4) is 0 Å². The van der Waals surface area contributed by atoms with Gasteiger partial charge in [-0.1, -0.05) is 288 Å². The van der Waals surface area contributed by atoms with Gasteiger partial charge in [-0.25, -0.2) is 0 Å². The highest BCUT2D eigenvalue weighted by Crippen LogP contribution is 2.17. The van der Waals surface area contributed by atoms with Crippen molar-refractivity contribution < 1.29 is 28.6 Å².